The van der Waals surface area contributed by atoms with E-state index < -0.39 is 11.6 Å². The minimum absolute atomic E-state index is 0.156. The van der Waals surface area contributed by atoms with Gasteiger partial charge in [-0.05, 0) is 25.8 Å². The molecule has 1 atom stereocenters. The fourth-order valence-corrected chi connectivity index (χ4v) is 1.59. The first-order chi connectivity index (χ1) is 8.77. The Kier molecular flexibility index (Phi) is 5.14. The molecule has 0 amide bonds. The van der Waals surface area contributed by atoms with E-state index in [2.05, 4.69) is 10.1 Å². The number of nitrogens with one attached hydrogen (secondary N) is 1. The molecule has 0 saturated heterocycles. The molecule has 5 nitrogen and oxygen atoms in total. The van der Waals surface area contributed by atoms with Crippen molar-refractivity contribution in [3.63, 3.8) is 0 Å². The van der Waals surface area contributed by atoms with Crippen LogP contribution in [0.25, 0.3) is 0 Å². The van der Waals surface area contributed by atoms with Crippen molar-refractivity contribution < 1.29 is 19.1 Å². The summed E-state index contributed by atoms with van der Waals surface area (Å²) in [5.41, 5.74) is -0.331. The Bertz CT molecular complexity index is 435. The summed E-state index contributed by atoms with van der Waals surface area (Å²) < 4.78 is 10.1. The lowest BCUT2D eigenvalue weighted by molar-refractivity contribution is 0.0136. The molecule has 0 spiro atoms. The van der Waals surface area contributed by atoms with Crippen LogP contribution in [-0.4, -0.2) is 30.3 Å². The number of hydrogen-bond acceptors (Lipinski definition) is 5. The standard InChI is InChI=1S/C14H23NO4/c1-9(2)14(4,17)8-15-7-11-6-12(10(3)19-11)13(16)18-5/h6,9,15,17H,7-8H2,1-5H3. The van der Waals surface area contributed by atoms with Gasteiger partial charge in [0.25, 0.3) is 0 Å². The fraction of sp³-hybridized carbons (Fsp3) is 0.643. The van der Waals surface area contributed by atoms with Crippen LogP contribution in [0.4, 0.5) is 0 Å². The van der Waals surface area contributed by atoms with Gasteiger partial charge in [-0.3, -0.25) is 0 Å². The number of rotatable bonds is 6. The third-order valence-corrected chi connectivity index (χ3v) is 3.40. The topological polar surface area (TPSA) is 71.7 Å². The first kappa shape index (κ1) is 15.7. The normalized spacial score (nSPS) is 14.5. The number of aryl methyl sites for hydroxylation is 1. The van der Waals surface area contributed by atoms with Gasteiger partial charge < -0.3 is 19.6 Å². The summed E-state index contributed by atoms with van der Waals surface area (Å²) >= 11 is 0. The highest BCUT2D eigenvalue weighted by molar-refractivity contribution is 5.90. The van der Waals surface area contributed by atoms with Crippen LogP contribution < -0.4 is 5.32 Å². The molecule has 108 valence electrons. The van der Waals surface area contributed by atoms with Crippen molar-refractivity contribution in [3.05, 3.63) is 23.2 Å². The van der Waals surface area contributed by atoms with Crippen molar-refractivity contribution in [3.8, 4) is 0 Å². The van der Waals surface area contributed by atoms with E-state index in [-0.39, 0.29) is 5.92 Å². The highest BCUT2D eigenvalue weighted by Gasteiger charge is 2.24. The molecule has 1 heterocycles. The summed E-state index contributed by atoms with van der Waals surface area (Å²) in [5.74, 6) is 0.947. The SMILES string of the molecule is COC(=O)c1cc(CNCC(C)(O)C(C)C)oc1C. The van der Waals surface area contributed by atoms with Crippen molar-refractivity contribution in [2.75, 3.05) is 13.7 Å². The van der Waals surface area contributed by atoms with Gasteiger partial charge in [0.2, 0.25) is 0 Å². The average Bonchev–Trinajstić information content (AvgIpc) is 2.69. The molecule has 0 aliphatic carbocycles. The molecule has 2 N–H and O–H groups in total. The molecule has 0 aliphatic heterocycles. The minimum Gasteiger partial charge on any atom is -0.465 e. The van der Waals surface area contributed by atoms with Crippen molar-refractivity contribution in [2.45, 2.75) is 39.8 Å². The van der Waals surface area contributed by atoms with Crippen molar-refractivity contribution in [2.24, 2.45) is 5.92 Å². The van der Waals surface area contributed by atoms with Crippen molar-refractivity contribution in [1.82, 2.24) is 5.32 Å². The van der Waals surface area contributed by atoms with Crippen LogP contribution in [0, 0.1) is 12.8 Å². The zero-order valence-electron chi connectivity index (χ0n) is 12.2. The summed E-state index contributed by atoms with van der Waals surface area (Å²) in [6, 6.07) is 1.66. The summed E-state index contributed by atoms with van der Waals surface area (Å²) in [6.45, 7) is 8.36. The highest BCUT2D eigenvalue weighted by Crippen LogP contribution is 2.17. The fourth-order valence-electron chi connectivity index (χ4n) is 1.59. The van der Waals surface area contributed by atoms with Gasteiger partial charge in [-0.1, -0.05) is 13.8 Å². The Labute approximate surface area is 113 Å². The molecule has 0 bridgehead atoms. The van der Waals surface area contributed by atoms with E-state index in [4.69, 9.17) is 4.42 Å². The molecule has 0 fully saturated rings. The molecule has 1 aromatic heterocycles. The van der Waals surface area contributed by atoms with Crippen LogP contribution in [0.5, 0.6) is 0 Å². The summed E-state index contributed by atoms with van der Waals surface area (Å²) in [6.07, 6.45) is 0. The quantitative estimate of drug-likeness (QED) is 0.771. The highest BCUT2D eigenvalue weighted by atomic mass is 16.5. The van der Waals surface area contributed by atoms with Crippen LogP contribution in [0.15, 0.2) is 10.5 Å². The molecule has 1 aromatic rings. The molecule has 0 radical (unpaired) electrons. The summed E-state index contributed by atoms with van der Waals surface area (Å²) in [4.78, 5) is 11.4. The molecule has 0 aliphatic rings. The van der Waals surface area contributed by atoms with Gasteiger partial charge in [0.05, 0.1) is 19.3 Å². The van der Waals surface area contributed by atoms with Gasteiger partial charge in [-0.2, -0.15) is 0 Å². The molecule has 5 heteroatoms. The van der Waals surface area contributed by atoms with Crippen LogP contribution >= 0.6 is 0 Å². The van der Waals surface area contributed by atoms with Crippen molar-refractivity contribution in [1.29, 1.82) is 0 Å². The molecule has 19 heavy (non-hydrogen) atoms. The maximum absolute atomic E-state index is 11.4. The van der Waals surface area contributed by atoms with Gasteiger partial charge in [-0.25, -0.2) is 4.79 Å². The Morgan fingerprint density at radius 3 is 2.74 bits per heavy atom. The van der Waals surface area contributed by atoms with Crippen LogP contribution in [0.2, 0.25) is 0 Å². The minimum atomic E-state index is -0.771. The molecule has 1 unspecified atom stereocenters. The molecular formula is C14H23NO4. The number of carbonyl (C=O) groups is 1. The van der Waals surface area contributed by atoms with Gasteiger partial charge in [-0.15, -0.1) is 0 Å². The van der Waals surface area contributed by atoms with E-state index in [9.17, 15) is 9.90 Å². The first-order valence-electron chi connectivity index (χ1n) is 6.38. The Balaban J connectivity index is 2.58. The van der Waals surface area contributed by atoms with E-state index in [0.29, 0.717) is 30.2 Å². The number of aliphatic hydroxyl groups is 1. The largest absolute Gasteiger partial charge is 0.465 e. The Hall–Kier alpha value is -1.33. The maximum atomic E-state index is 11.4. The van der Waals surface area contributed by atoms with Gasteiger partial charge >= 0.3 is 5.97 Å². The van der Waals surface area contributed by atoms with E-state index in [1.807, 2.05) is 13.8 Å². The average molecular weight is 269 g/mol. The van der Waals surface area contributed by atoms with E-state index >= 15 is 0 Å². The second-order valence-corrected chi connectivity index (χ2v) is 5.29. The van der Waals surface area contributed by atoms with Crippen LogP contribution in [0.1, 0.15) is 42.6 Å². The second-order valence-electron chi connectivity index (χ2n) is 5.29. The second kappa shape index (κ2) is 6.21. The molecule has 1 rings (SSSR count). The van der Waals surface area contributed by atoms with E-state index in [1.54, 1.807) is 19.9 Å². The number of ether oxygens (including phenoxy) is 1. The Morgan fingerprint density at radius 2 is 2.21 bits per heavy atom. The predicted molar refractivity (Wildman–Crippen MR) is 72.0 cm³/mol. The lowest BCUT2D eigenvalue weighted by atomic mass is 9.92. The first-order valence-corrected chi connectivity index (χ1v) is 6.38. The number of methoxy groups -OCH3 is 1. The zero-order chi connectivity index (χ0) is 14.6. The van der Waals surface area contributed by atoms with Crippen LogP contribution in [-0.2, 0) is 11.3 Å². The molecule has 0 saturated carbocycles. The number of esters is 1. The van der Waals surface area contributed by atoms with Gasteiger partial charge in [0.15, 0.2) is 0 Å². The number of furan rings is 1. The third-order valence-electron chi connectivity index (χ3n) is 3.40. The number of hydrogen-bond donors (Lipinski definition) is 2. The number of carbonyl (C=O) groups excluding carboxylic acids is 1. The Morgan fingerprint density at radius 1 is 1.58 bits per heavy atom. The molecule has 0 aromatic carbocycles. The lowest BCUT2D eigenvalue weighted by Gasteiger charge is -2.27. The van der Waals surface area contributed by atoms with E-state index in [1.165, 1.54) is 7.11 Å². The monoisotopic (exact) mass is 269 g/mol. The smallest absolute Gasteiger partial charge is 0.341 e. The third kappa shape index (κ3) is 4.08. The zero-order valence-corrected chi connectivity index (χ0v) is 12.2. The predicted octanol–water partition coefficient (Wildman–Crippen LogP) is 1.87. The van der Waals surface area contributed by atoms with Gasteiger partial charge in [0.1, 0.15) is 17.1 Å². The molecular weight excluding hydrogens is 246 g/mol. The lowest BCUT2D eigenvalue weighted by Crippen LogP contribution is -2.41. The summed E-state index contributed by atoms with van der Waals surface area (Å²) in [7, 11) is 1.34. The van der Waals surface area contributed by atoms with Crippen LogP contribution in [0.3, 0.4) is 0 Å². The summed E-state index contributed by atoms with van der Waals surface area (Å²) in [5, 5.41) is 13.2. The van der Waals surface area contributed by atoms with E-state index in [0.717, 1.165) is 0 Å². The van der Waals surface area contributed by atoms with Gasteiger partial charge in [0, 0.05) is 6.54 Å². The maximum Gasteiger partial charge on any atom is 0.341 e. The van der Waals surface area contributed by atoms with Crippen molar-refractivity contribution >= 4 is 5.97 Å².